The van der Waals surface area contributed by atoms with Crippen molar-refractivity contribution in [3.05, 3.63) is 15.8 Å². The van der Waals surface area contributed by atoms with Crippen LogP contribution < -0.4 is 0 Å². The SMILES string of the molecule is O=S(=O)(Cl)c1csc2c1CCCCCC2. The summed E-state index contributed by atoms with van der Waals surface area (Å²) in [5, 5.41) is 1.69. The normalized spacial score (nSPS) is 17.9. The van der Waals surface area contributed by atoms with Crippen molar-refractivity contribution in [2.24, 2.45) is 0 Å². The van der Waals surface area contributed by atoms with Crippen molar-refractivity contribution in [1.82, 2.24) is 0 Å². The Morgan fingerprint density at radius 2 is 1.80 bits per heavy atom. The first-order chi connectivity index (χ1) is 7.09. The predicted molar refractivity (Wildman–Crippen MR) is 63.2 cm³/mol. The van der Waals surface area contributed by atoms with E-state index in [9.17, 15) is 8.42 Å². The van der Waals surface area contributed by atoms with Crippen molar-refractivity contribution in [2.75, 3.05) is 0 Å². The van der Waals surface area contributed by atoms with Crippen molar-refractivity contribution in [1.29, 1.82) is 0 Å². The van der Waals surface area contributed by atoms with Crippen LogP contribution in [0.25, 0.3) is 0 Å². The molecule has 0 fully saturated rings. The molecule has 1 heterocycles. The van der Waals surface area contributed by atoms with Crippen LogP contribution in [0.1, 0.15) is 36.1 Å². The fraction of sp³-hybridized carbons (Fsp3) is 0.600. The minimum atomic E-state index is -3.55. The van der Waals surface area contributed by atoms with E-state index < -0.39 is 9.05 Å². The molecule has 2 nitrogen and oxygen atoms in total. The molecule has 1 aromatic heterocycles. The van der Waals surface area contributed by atoms with Gasteiger partial charge < -0.3 is 0 Å². The summed E-state index contributed by atoms with van der Waals surface area (Å²) in [7, 11) is 1.86. The van der Waals surface area contributed by atoms with Crippen LogP contribution >= 0.6 is 22.0 Å². The Hall–Kier alpha value is -0.0600. The van der Waals surface area contributed by atoms with E-state index in [1.54, 1.807) is 5.38 Å². The largest absolute Gasteiger partial charge is 0.262 e. The number of aryl methyl sites for hydroxylation is 1. The minimum Gasteiger partial charge on any atom is -0.207 e. The molecule has 0 aliphatic heterocycles. The lowest BCUT2D eigenvalue weighted by Crippen LogP contribution is -2.00. The smallest absolute Gasteiger partial charge is 0.207 e. The summed E-state index contributed by atoms with van der Waals surface area (Å²) >= 11 is 1.54. The van der Waals surface area contributed by atoms with E-state index >= 15 is 0 Å². The summed E-state index contributed by atoms with van der Waals surface area (Å²) in [6, 6.07) is 0. The maximum absolute atomic E-state index is 11.3. The first-order valence-electron chi connectivity index (χ1n) is 5.13. The molecule has 0 radical (unpaired) electrons. The summed E-state index contributed by atoms with van der Waals surface area (Å²) in [6.07, 6.45) is 6.54. The number of thiophene rings is 1. The molecule has 0 saturated heterocycles. The second-order valence-corrected chi connectivity index (χ2v) is 7.35. The van der Waals surface area contributed by atoms with Crippen molar-refractivity contribution in [2.45, 2.75) is 43.4 Å². The Labute approximate surface area is 98.7 Å². The average Bonchev–Trinajstić information content (AvgIpc) is 2.46. The molecule has 0 unspecified atom stereocenters. The third-order valence-electron chi connectivity index (χ3n) is 2.79. The molecule has 5 heteroatoms. The van der Waals surface area contributed by atoms with Gasteiger partial charge in [0.25, 0.3) is 9.05 Å². The summed E-state index contributed by atoms with van der Waals surface area (Å²) in [4.78, 5) is 1.57. The molecule has 84 valence electrons. The van der Waals surface area contributed by atoms with Gasteiger partial charge in [-0.25, -0.2) is 8.42 Å². The van der Waals surface area contributed by atoms with Gasteiger partial charge in [0.15, 0.2) is 0 Å². The highest BCUT2D eigenvalue weighted by molar-refractivity contribution is 8.13. The maximum atomic E-state index is 11.3. The van der Waals surface area contributed by atoms with E-state index in [0.717, 1.165) is 31.2 Å². The molecule has 15 heavy (non-hydrogen) atoms. The van der Waals surface area contributed by atoms with E-state index in [2.05, 4.69) is 0 Å². The second-order valence-electron chi connectivity index (χ2n) is 3.85. The summed E-state index contributed by atoms with van der Waals surface area (Å²) in [6.45, 7) is 0. The number of fused-ring (bicyclic) bond motifs is 1. The minimum absolute atomic E-state index is 0.353. The van der Waals surface area contributed by atoms with Crippen LogP contribution in [-0.2, 0) is 21.9 Å². The Bertz CT molecular complexity index is 448. The van der Waals surface area contributed by atoms with Gasteiger partial charge in [-0.05, 0) is 31.2 Å². The predicted octanol–water partition coefficient (Wildman–Crippen LogP) is 3.33. The van der Waals surface area contributed by atoms with Crippen LogP contribution in [0.2, 0.25) is 0 Å². The van der Waals surface area contributed by atoms with Gasteiger partial charge >= 0.3 is 0 Å². The third kappa shape index (κ3) is 2.55. The van der Waals surface area contributed by atoms with Gasteiger partial charge in [0.05, 0.1) is 4.90 Å². The topological polar surface area (TPSA) is 34.1 Å². The average molecular weight is 265 g/mol. The van der Waals surface area contributed by atoms with Gasteiger partial charge in [0.2, 0.25) is 0 Å². The Morgan fingerprint density at radius 1 is 1.13 bits per heavy atom. The highest BCUT2D eigenvalue weighted by Crippen LogP contribution is 2.33. The van der Waals surface area contributed by atoms with Crippen LogP contribution in [0.4, 0.5) is 0 Å². The molecule has 0 bridgehead atoms. The van der Waals surface area contributed by atoms with E-state index in [4.69, 9.17) is 10.7 Å². The van der Waals surface area contributed by atoms with Crippen LogP contribution in [0.3, 0.4) is 0 Å². The van der Waals surface area contributed by atoms with E-state index in [-0.39, 0.29) is 0 Å². The fourth-order valence-electron chi connectivity index (χ4n) is 2.02. The Kier molecular flexibility index (Phi) is 3.38. The molecule has 1 aliphatic rings. The van der Waals surface area contributed by atoms with Crippen LogP contribution in [-0.4, -0.2) is 8.42 Å². The monoisotopic (exact) mass is 264 g/mol. The Balaban J connectivity index is 2.43. The van der Waals surface area contributed by atoms with E-state index in [1.807, 2.05) is 0 Å². The lowest BCUT2D eigenvalue weighted by molar-refractivity contribution is 0.601. The van der Waals surface area contributed by atoms with Crippen LogP contribution in [0.15, 0.2) is 10.3 Å². The first kappa shape index (κ1) is 11.4. The molecule has 2 rings (SSSR count). The van der Waals surface area contributed by atoms with Gasteiger partial charge in [-0.15, -0.1) is 11.3 Å². The number of hydrogen-bond acceptors (Lipinski definition) is 3. The first-order valence-corrected chi connectivity index (χ1v) is 8.32. The van der Waals surface area contributed by atoms with Gasteiger partial charge in [0.1, 0.15) is 0 Å². The molecule has 0 saturated carbocycles. The zero-order valence-electron chi connectivity index (χ0n) is 8.33. The number of halogens is 1. The highest BCUT2D eigenvalue weighted by atomic mass is 35.7. The summed E-state index contributed by atoms with van der Waals surface area (Å²) < 4.78 is 22.7. The second kappa shape index (κ2) is 4.44. The van der Waals surface area contributed by atoms with Crippen molar-refractivity contribution in [3.63, 3.8) is 0 Å². The maximum Gasteiger partial charge on any atom is 0.262 e. The molecule has 1 aromatic rings. The molecule has 1 aliphatic carbocycles. The molecule has 0 atom stereocenters. The fourth-order valence-corrected chi connectivity index (χ4v) is 4.83. The van der Waals surface area contributed by atoms with Crippen LogP contribution in [0, 0.1) is 0 Å². The summed E-state index contributed by atoms with van der Waals surface area (Å²) in [5.74, 6) is 0. The van der Waals surface area contributed by atoms with E-state index in [1.165, 1.54) is 29.1 Å². The number of rotatable bonds is 1. The zero-order valence-corrected chi connectivity index (χ0v) is 10.7. The van der Waals surface area contributed by atoms with Gasteiger partial charge in [-0.2, -0.15) is 0 Å². The van der Waals surface area contributed by atoms with Gasteiger partial charge in [-0.3, -0.25) is 0 Å². The molecular formula is C10H13ClO2S2. The quantitative estimate of drug-likeness (QED) is 0.729. The Morgan fingerprint density at radius 3 is 2.47 bits per heavy atom. The van der Waals surface area contributed by atoms with Crippen LogP contribution in [0.5, 0.6) is 0 Å². The number of hydrogen-bond donors (Lipinski definition) is 0. The van der Waals surface area contributed by atoms with Crippen molar-refractivity contribution < 1.29 is 8.42 Å². The lowest BCUT2D eigenvalue weighted by atomic mass is 10.00. The van der Waals surface area contributed by atoms with E-state index in [0.29, 0.717) is 4.90 Å². The lowest BCUT2D eigenvalue weighted by Gasteiger charge is -2.10. The van der Waals surface area contributed by atoms with Crippen molar-refractivity contribution in [3.8, 4) is 0 Å². The van der Waals surface area contributed by atoms with Gasteiger partial charge in [0, 0.05) is 20.9 Å². The highest BCUT2D eigenvalue weighted by Gasteiger charge is 2.21. The molecule has 0 amide bonds. The van der Waals surface area contributed by atoms with Gasteiger partial charge in [-0.1, -0.05) is 12.8 Å². The zero-order chi connectivity index (χ0) is 10.9. The van der Waals surface area contributed by atoms with Crippen molar-refractivity contribution >= 4 is 31.1 Å². The molecular weight excluding hydrogens is 252 g/mol. The molecule has 0 spiro atoms. The third-order valence-corrected chi connectivity index (χ3v) is 5.41. The standard InChI is InChI=1S/C10H13ClO2S2/c11-15(12,13)10-7-14-9-6-4-2-1-3-5-8(9)10/h7H,1-6H2. The molecule has 0 N–H and O–H groups in total. The summed E-state index contributed by atoms with van der Waals surface area (Å²) in [5.41, 5.74) is 0.981. The molecule has 0 aromatic carbocycles.